The third kappa shape index (κ3) is 4.59. The highest BCUT2D eigenvalue weighted by atomic mass is 16.4. The third-order valence-electron chi connectivity index (χ3n) is 2.41. The van der Waals surface area contributed by atoms with Gasteiger partial charge in [-0.05, 0) is 13.8 Å². The zero-order valence-corrected chi connectivity index (χ0v) is 10.8. The second-order valence-electron chi connectivity index (χ2n) is 4.30. The van der Waals surface area contributed by atoms with Crippen LogP contribution in [0.3, 0.4) is 0 Å². The van der Waals surface area contributed by atoms with Gasteiger partial charge in [0.25, 0.3) is 0 Å². The van der Waals surface area contributed by atoms with Gasteiger partial charge in [0.05, 0.1) is 11.9 Å². The summed E-state index contributed by atoms with van der Waals surface area (Å²) in [5.74, 6) is -1.19. The fraction of sp³-hybridized carbons (Fsp3) is 0.545. The normalized spacial score (nSPS) is 12.2. The minimum Gasteiger partial charge on any atom is -0.480 e. The van der Waals surface area contributed by atoms with E-state index in [0.29, 0.717) is 5.69 Å². The zero-order valence-electron chi connectivity index (χ0n) is 10.8. The molecule has 0 spiro atoms. The number of aliphatic hydroxyl groups is 1. The molecule has 0 saturated carbocycles. The van der Waals surface area contributed by atoms with Crippen LogP contribution < -0.4 is 10.6 Å². The van der Waals surface area contributed by atoms with Gasteiger partial charge in [0.2, 0.25) is 0 Å². The average Bonchev–Trinajstić information content (AvgIpc) is 2.76. The molecule has 8 nitrogen and oxygen atoms in total. The molecule has 0 aliphatic heterocycles. The van der Waals surface area contributed by atoms with Crippen molar-refractivity contribution in [1.29, 1.82) is 0 Å². The minimum atomic E-state index is -1.19. The molecule has 0 saturated heterocycles. The van der Waals surface area contributed by atoms with Crippen molar-refractivity contribution in [2.75, 3.05) is 11.9 Å². The zero-order chi connectivity index (χ0) is 14.4. The summed E-state index contributed by atoms with van der Waals surface area (Å²) in [6, 6.07) is -1.60. The summed E-state index contributed by atoms with van der Waals surface area (Å²) in [5, 5.41) is 26.3. The van der Waals surface area contributed by atoms with Crippen LogP contribution >= 0.6 is 0 Å². The Kier molecular flexibility index (Phi) is 5.31. The van der Waals surface area contributed by atoms with Gasteiger partial charge in [0.1, 0.15) is 6.04 Å². The number of hydrogen-bond acceptors (Lipinski definition) is 4. The Bertz CT molecular complexity index is 444. The molecule has 1 atom stereocenters. The molecule has 0 aromatic carbocycles. The summed E-state index contributed by atoms with van der Waals surface area (Å²) < 4.78 is 1.66. The minimum absolute atomic E-state index is 0.0476. The van der Waals surface area contributed by atoms with Gasteiger partial charge in [-0.15, -0.1) is 0 Å². The van der Waals surface area contributed by atoms with Gasteiger partial charge in [-0.3, -0.25) is 4.68 Å². The highest BCUT2D eigenvalue weighted by Gasteiger charge is 2.19. The first kappa shape index (κ1) is 15.0. The number of anilines is 1. The Morgan fingerprint density at radius 1 is 1.47 bits per heavy atom. The van der Waals surface area contributed by atoms with Crippen molar-refractivity contribution >= 4 is 17.7 Å². The predicted octanol–water partition coefficient (Wildman–Crippen LogP) is 0.421. The Hall–Kier alpha value is -2.09. The number of aliphatic hydroxyl groups excluding tert-OH is 1. The highest BCUT2D eigenvalue weighted by molar-refractivity contribution is 5.91. The van der Waals surface area contributed by atoms with Gasteiger partial charge in [-0.1, -0.05) is 0 Å². The monoisotopic (exact) mass is 270 g/mol. The van der Waals surface area contributed by atoms with Crippen LogP contribution in [0.15, 0.2) is 12.4 Å². The van der Waals surface area contributed by atoms with Gasteiger partial charge < -0.3 is 20.8 Å². The third-order valence-corrected chi connectivity index (χ3v) is 2.41. The lowest BCUT2D eigenvalue weighted by Gasteiger charge is -2.13. The molecule has 0 unspecified atom stereocenters. The maximum atomic E-state index is 11.6. The quantitative estimate of drug-likeness (QED) is 0.597. The van der Waals surface area contributed by atoms with Crippen LogP contribution in [0.1, 0.15) is 26.3 Å². The number of carboxylic acid groups (broad SMARTS) is 1. The van der Waals surface area contributed by atoms with Crippen molar-refractivity contribution in [1.82, 2.24) is 15.1 Å². The highest BCUT2D eigenvalue weighted by Crippen LogP contribution is 2.09. The summed E-state index contributed by atoms with van der Waals surface area (Å²) in [6.07, 6.45) is 3.07. The predicted molar refractivity (Wildman–Crippen MR) is 67.9 cm³/mol. The molecule has 1 rings (SSSR count). The Labute approximate surface area is 110 Å². The van der Waals surface area contributed by atoms with E-state index in [1.807, 2.05) is 13.8 Å². The molecular weight excluding hydrogens is 252 g/mol. The van der Waals surface area contributed by atoms with Crippen LogP contribution in [0.25, 0.3) is 0 Å². The number of hydrogen-bond donors (Lipinski definition) is 4. The molecule has 1 aromatic rings. The summed E-state index contributed by atoms with van der Waals surface area (Å²) >= 11 is 0. The maximum Gasteiger partial charge on any atom is 0.326 e. The summed E-state index contributed by atoms with van der Waals surface area (Å²) in [6.45, 7) is 3.57. The van der Waals surface area contributed by atoms with Gasteiger partial charge in [-0.2, -0.15) is 5.10 Å². The molecular formula is C11H18N4O4. The molecule has 0 aliphatic carbocycles. The number of aliphatic carboxylic acids is 1. The van der Waals surface area contributed by atoms with Crippen LogP contribution in [-0.2, 0) is 4.79 Å². The van der Waals surface area contributed by atoms with Crippen molar-refractivity contribution in [2.45, 2.75) is 32.4 Å². The first-order valence-corrected chi connectivity index (χ1v) is 5.89. The Balaban J connectivity index is 2.56. The molecule has 0 aliphatic rings. The molecule has 0 fully saturated rings. The van der Waals surface area contributed by atoms with Crippen molar-refractivity contribution < 1.29 is 19.8 Å². The molecule has 0 bridgehead atoms. The van der Waals surface area contributed by atoms with Crippen molar-refractivity contribution in [2.24, 2.45) is 0 Å². The van der Waals surface area contributed by atoms with E-state index in [1.54, 1.807) is 10.9 Å². The molecule has 1 aromatic heterocycles. The number of nitrogens with zero attached hydrogens (tertiary/aromatic N) is 2. The van der Waals surface area contributed by atoms with Crippen molar-refractivity contribution in [3.63, 3.8) is 0 Å². The Morgan fingerprint density at radius 2 is 2.16 bits per heavy atom. The fourth-order valence-electron chi connectivity index (χ4n) is 1.40. The number of aromatic nitrogens is 2. The smallest absolute Gasteiger partial charge is 0.326 e. The van der Waals surface area contributed by atoms with Crippen molar-refractivity contribution in [3.8, 4) is 0 Å². The van der Waals surface area contributed by atoms with Crippen LogP contribution in [0.4, 0.5) is 10.5 Å². The number of carboxylic acids is 1. The summed E-state index contributed by atoms with van der Waals surface area (Å²) in [4.78, 5) is 22.4. The summed E-state index contributed by atoms with van der Waals surface area (Å²) in [5.41, 5.74) is 0.472. The van der Waals surface area contributed by atoms with Crippen molar-refractivity contribution in [3.05, 3.63) is 12.4 Å². The topological polar surface area (TPSA) is 116 Å². The lowest BCUT2D eigenvalue weighted by Crippen LogP contribution is -2.43. The van der Waals surface area contributed by atoms with E-state index < -0.39 is 18.0 Å². The van der Waals surface area contributed by atoms with Crippen LogP contribution in [-0.4, -0.2) is 44.6 Å². The second-order valence-corrected chi connectivity index (χ2v) is 4.30. The van der Waals surface area contributed by atoms with Crippen LogP contribution in [0.5, 0.6) is 0 Å². The number of urea groups is 1. The fourth-order valence-corrected chi connectivity index (χ4v) is 1.40. The van der Waals surface area contributed by atoms with E-state index in [2.05, 4.69) is 15.7 Å². The largest absolute Gasteiger partial charge is 0.480 e. The number of nitrogens with one attached hydrogen (secondary N) is 2. The molecule has 19 heavy (non-hydrogen) atoms. The molecule has 0 radical (unpaired) electrons. The molecule has 2 amide bonds. The van der Waals surface area contributed by atoms with E-state index >= 15 is 0 Å². The van der Waals surface area contributed by atoms with Gasteiger partial charge in [0, 0.05) is 25.3 Å². The first-order valence-electron chi connectivity index (χ1n) is 5.89. The number of rotatable bonds is 6. The number of carbonyl (C=O) groups is 2. The van der Waals surface area contributed by atoms with E-state index in [4.69, 9.17) is 10.2 Å². The maximum absolute atomic E-state index is 11.6. The second kappa shape index (κ2) is 6.74. The van der Waals surface area contributed by atoms with E-state index in [-0.39, 0.29) is 19.1 Å². The van der Waals surface area contributed by atoms with E-state index in [9.17, 15) is 9.59 Å². The molecule has 8 heteroatoms. The van der Waals surface area contributed by atoms with Gasteiger partial charge in [0.15, 0.2) is 0 Å². The van der Waals surface area contributed by atoms with Crippen LogP contribution in [0.2, 0.25) is 0 Å². The first-order chi connectivity index (χ1) is 8.93. The Morgan fingerprint density at radius 3 is 2.63 bits per heavy atom. The van der Waals surface area contributed by atoms with E-state index in [1.165, 1.54) is 6.20 Å². The molecule has 1 heterocycles. The SMILES string of the molecule is CC(C)n1cc(NC(=O)N[C@H](CCO)C(=O)O)cn1. The average molecular weight is 270 g/mol. The molecule has 106 valence electrons. The van der Waals surface area contributed by atoms with E-state index in [0.717, 1.165) is 0 Å². The van der Waals surface area contributed by atoms with Crippen LogP contribution in [0, 0.1) is 0 Å². The standard InChI is InChI=1S/C11H18N4O4/c1-7(2)15-6-8(5-12-15)13-11(19)14-9(3-4-16)10(17)18/h5-7,9,16H,3-4H2,1-2H3,(H,17,18)(H2,13,14,19)/t9-/m1/s1. The lowest BCUT2D eigenvalue weighted by atomic mass is 10.2. The number of amides is 2. The lowest BCUT2D eigenvalue weighted by molar-refractivity contribution is -0.139. The van der Waals surface area contributed by atoms with Gasteiger partial charge in [-0.25, -0.2) is 9.59 Å². The summed E-state index contributed by atoms with van der Waals surface area (Å²) in [7, 11) is 0. The number of carbonyl (C=O) groups excluding carboxylic acids is 1. The van der Waals surface area contributed by atoms with Gasteiger partial charge >= 0.3 is 12.0 Å². The molecule has 4 N–H and O–H groups in total.